The number of halogens is 1. The molecule has 0 aromatic heterocycles. The minimum Gasteiger partial charge on any atom is -0.314 e. The molecule has 0 radical (unpaired) electrons. The van der Waals surface area contributed by atoms with Crippen molar-refractivity contribution in [3.8, 4) is 0 Å². The van der Waals surface area contributed by atoms with Crippen LogP contribution in [0.25, 0.3) is 0 Å². The van der Waals surface area contributed by atoms with E-state index < -0.39 is 0 Å². The van der Waals surface area contributed by atoms with Crippen LogP contribution in [0.5, 0.6) is 0 Å². The molecule has 2 unspecified atom stereocenters. The van der Waals surface area contributed by atoms with Crippen LogP contribution in [0.3, 0.4) is 0 Å². The van der Waals surface area contributed by atoms with E-state index >= 15 is 0 Å². The first-order valence-electron chi connectivity index (χ1n) is 5.18. The fraction of sp³-hybridized carbons (Fsp3) is 0.500. The Labute approximate surface area is 90.5 Å². The first kappa shape index (κ1) is 10.0. The second-order valence-corrected chi connectivity index (χ2v) is 4.55. The third-order valence-electron chi connectivity index (χ3n) is 3.15. The van der Waals surface area contributed by atoms with Gasteiger partial charge < -0.3 is 5.32 Å². The highest BCUT2D eigenvalue weighted by molar-refractivity contribution is 6.31. The Kier molecular flexibility index (Phi) is 2.80. The molecular weight excluding hydrogens is 194 g/mol. The summed E-state index contributed by atoms with van der Waals surface area (Å²) in [7, 11) is 0. The highest BCUT2D eigenvalue weighted by atomic mass is 35.5. The van der Waals surface area contributed by atoms with Crippen molar-refractivity contribution in [3.63, 3.8) is 0 Å². The molecule has 1 nitrogen and oxygen atoms in total. The predicted molar refractivity (Wildman–Crippen MR) is 61.0 cm³/mol. The van der Waals surface area contributed by atoms with Gasteiger partial charge in [-0.1, -0.05) is 23.7 Å². The van der Waals surface area contributed by atoms with Crippen molar-refractivity contribution in [2.75, 3.05) is 6.54 Å². The van der Waals surface area contributed by atoms with Gasteiger partial charge in [0.1, 0.15) is 0 Å². The van der Waals surface area contributed by atoms with Crippen molar-refractivity contribution in [1.29, 1.82) is 0 Å². The number of nitrogens with one attached hydrogen (secondary N) is 1. The molecule has 1 heterocycles. The molecule has 1 saturated heterocycles. The van der Waals surface area contributed by atoms with Crippen LogP contribution in [-0.4, -0.2) is 12.6 Å². The maximum absolute atomic E-state index is 6.12. The van der Waals surface area contributed by atoms with Crippen molar-refractivity contribution >= 4 is 11.6 Å². The van der Waals surface area contributed by atoms with E-state index in [2.05, 4.69) is 30.4 Å². The molecule has 0 aliphatic carbocycles. The number of hydrogen-bond acceptors (Lipinski definition) is 1. The van der Waals surface area contributed by atoms with E-state index in [9.17, 15) is 0 Å². The van der Waals surface area contributed by atoms with Gasteiger partial charge >= 0.3 is 0 Å². The minimum atomic E-state index is 0.578. The Balaban J connectivity index is 2.28. The maximum Gasteiger partial charge on any atom is 0.0438 e. The van der Waals surface area contributed by atoms with Crippen molar-refractivity contribution in [1.82, 2.24) is 5.32 Å². The molecule has 0 amide bonds. The zero-order valence-electron chi connectivity index (χ0n) is 8.68. The van der Waals surface area contributed by atoms with Gasteiger partial charge in [-0.15, -0.1) is 0 Å². The Morgan fingerprint density at radius 1 is 1.43 bits per heavy atom. The number of rotatable bonds is 1. The number of benzene rings is 1. The van der Waals surface area contributed by atoms with Crippen LogP contribution < -0.4 is 5.32 Å². The van der Waals surface area contributed by atoms with Crippen LogP contribution in [0, 0.1) is 6.92 Å². The zero-order chi connectivity index (χ0) is 10.1. The SMILES string of the molecule is Cc1ccc(C2CCNC2C)cc1Cl. The Morgan fingerprint density at radius 2 is 2.21 bits per heavy atom. The zero-order valence-corrected chi connectivity index (χ0v) is 9.43. The molecule has 2 rings (SSSR count). The fourth-order valence-corrected chi connectivity index (χ4v) is 2.34. The van der Waals surface area contributed by atoms with Crippen molar-refractivity contribution in [2.24, 2.45) is 0 Å². The smallest absolute Gasteiger partial charge is 0.0438 e. The molecule has 1 N–H and O–H groups in total. The van der Waals surface area contributed by atoms with E-state index in [1.54, 1.807) is 0 Å². The van der Waals surface area contributed by atoms with E-state index in [1.807, 2.05) is 6.92 Å². The molecule has 0 spiro atoms. The molecule has 2 heteroatoms. The molecule has 1 aliphatic heterocycles. The summed E-state index contributed by atoms with van der Waals surface area (Å²) in [4.78, 5) is 0. The van der Waals surface area contributed by atoms with E-state index in [4.69, 9.17) is 11.6 Å². The van der Waals surface area contributed by atoms with Crippen LogP contribution in [0.4, 0.5) is 0 Å². The maximum atomic E-state index is 6.12. The van der Waals surface area contributed by atoms with E-state index in [0.29, 0.717) is 12.0 Å². The number of hydrogen-bond donors (Lipinski definition) is 1. The molecule has 0 saturated carbocycles. The van der Waals surface area contributed by atoms with Gasteiger partial charge in [0.15, 0.2) is 0 Å². The minimum absolute atomic E-state index is 0.578. The average Bonchev–Trinajstić information content (AvgIpc) is 2.57. The second-order valence-electron chi connectivity index (χ2n) is 4.15. The summed E-state index contributed by atoms with van der Waals surface area (Å²) in [6.07, 6.45) is 1.22. The van der Waals surface area contributed by atoms with Crippen molar-refractivity contribution < 1.29 is 0 Å². The van der Waals surface area contributed by atoms with Gasteiger partial charge in [0, 0.05) is 17.0 Å². The molecule has 1 aliphatic rings. The van der Waals surface area contributed by atoms with Gasteiger partial charge in [0.25, 0.3) is 0 Å². The molecule has 76 valence electrons. The van der Waals surface area contributed by atoms with Crippen LogP contribution >= 0.6 is 11.6 Å². The summed E-state index contributed by atoms with van der Waals surface area (Å²) < 4.78 is 0. The standard InChI is InChI=1S/C12H16ClN/c1-8-3-4-10(7-12(8)13)11-5-6-14-9(11)2/h3-4,7,9,11,14H,5-6H2,1-2H3. The molecule has 0 bridgehead atoms. The van der Waals surface area contributed by atoms with Gasteiger partial charge in [0.05, 0.1) is 0 Å². The van der Waals surface area contributed by atoms with E-state index in [0.717, 1.165) is 17.1 Å². The van der Waals surface area contributed by atoms with Crippen LogP contribution in [0.15, 0.2) is 18.2 Å². The lowest BCUT2D eigenvalue weighted by atomic mass is 9.92. The van der Waals surface area contributed by atoms with Gasteiger partial charge in [-0.25, -0.2) is 0 Å². The summed E-state index contributed by atoms with van der Waals surface area (Å²) in [5.74, 6) is 0.632. The first-order chi connectivity index (χ1) is 6.68. The van der Waals surface area contributed by atoms with E-state index in [-0.39, 0.29) is 0 Å². The lowest BCUT2D eigenvalue weighted by Crippen LogP contribution is -2.21. The largest absolute Gasteiger partial charge is 0.314 e. The lowest BCUT2D eigenvalue weighted by Gasteiger charge is -2.16. The Hall–Kier alpha value is -0.530. The molecule has 1 aromatic rings. The summed E-state index contributed by atoms with van der Waals surface area (Å²) >= 11 is 6.12. The fourth-order valence-electron chi connectivity index (χ4n) is 2.15. The molecule has 1 aromatic carbocycles. The van der Waals surface area contributed by atoms with Crippen molar-refractivity contribution in [2.45, 2.75) is 32.2 Å². The first-order valence-corrected chi connectivity index (χ1v) is 5.55. The topological polar surface area (TPSA) is 12.0 Å². The number of aryl methyl sites for hydroxylation is 1. The lowest BCUT2D eigenvalue weighted by molar-refractivity contribution is 0.594. The molecule has 2 atom stereocenters. The highest BCUT2D eigenvalue weighted by Crippen LogP contribution is 2.30. The van der Waals surface area contributed by atoms with Gasteiger partial charge in [-0.05, 0) is 44.0 Å². The highest BCUT2D eigenvalue weighted by Gasteiger charge is 2.24. The normalized spacial score (nSPS) is 26.8. The van der Waals surface area contributed by atoms with Gasteiger partial charge in [0.2, 0.25) is 0 Å². The molecule has 1 fully saturated rings. The second kappa shape index (κ2) is 3.92. The third-order valence-corrected chi connectivity index (χ3v) is 3.56. The van der Waals surface area contributed by atoms with Crippen LogP contribution in [0.1, 0.15) is 30.4 Å². The summed E-state index contributed by atoms with van der Waals surface area (Å²) in [6, 6.07) is 7.01. The summed E-state index contributed by atoms with van der Waals surface area (Å²) in [5, 5.41) is 4.35. The predicted octanol–water partition coefficient (Wildman–Crippen LogP) is 3.11. The molecule has 14 heavy (non-hydrogen) atoms. The molecular formula is C12H16ClN. The Morgan fingerprint density at radius 3 is 2.79 bits per heavy atom. The summed E-state index contributed by atoms with van der Waals surface area (Å²) in [5.41, 5.74) is 2.53. The van der Waals surface area contributed by atoms with Crippen molar-refractivity contribution in [3.05, 3.63) is 34.3 Å². The van der Waals surface area contributed by atoms with E-state index in [1.165, 1.54) is 12.0 Å². The average molecular weight is 210 g/mol. The van der Waals surface area contributed by atoms with Crippen LogP contribution in [0.2, 0.25) is 5.02 Å². The quantitative estimate of drug-likeness (QED) is 0.750. The summed E-state index contributed by atoms with van der Waals surface area (Å²) in [6.45, 7) is 5.41. The Bertz CT molecular complexity index is 335. The van der Waals surface area contributed by atoms with Crippen LogP contribution in [-0.2, 0) is 0 Å². The monoisotopic (exact) mass is 209 g/mol. The van der Waals surface area contributed by atoms with Gasteiger partial charge in [-0.3, -0.25) is 0 Å². The van der Waals surface area contributed by atoms with Gasteiger partial charge in [-0.2, -0.15) is 0 Å². The third kappa shape index (κ3) is 1.79.